The van der Waals surface area contributed by atoms with Crippen LogP contribution >= 0.6 is 24.8 Å². The molecule has 0 spiro atoms. The smallest absolute Gasteiger partial charge is 0.248 e. The van der Waals surface area contributed by atoms with Crippen LogP contribution in [0.3, 0.4) is 0 Å². The zero-order chi connectivity index (χ0) is 19.2. The third kappa shape index (κ3) is 6.09. The number of carbonyl (C=O) groups is 2. The molecule has 0 aliphatic heterocycles. The number of primary amides is 1. The van der Waals surface area contributed by atoms with Gasteiger partial charge in [0.2, 0.25) is 17.7 Å². The first-order valence-corrected chi connectivity index (χ1v) is 8.49. The summed E-state index contributed by atoms with van der Waals surface area (Å²) in [5.74, 6) is 0.136. The number of hydrogen-bond acceptors (Lipinski definition) is 5. The molecule has 28 heavy (non-hydrogen) atoms. The number of rotatable bonds is 8. The van der Waals surface area contributed by atoms with Crippen molar-refractivity contribution in [2.45, 2.75) is 26.7 Å². The Labute approximate surface area is 177 Å². The van der Waals surface area contributed by atoms with Crippen molar-refractivity contribution in [3.63, 3.8) is 0 Å². The van der Waals surface area contributed by atoms with Gasteiger partial charge in [0.05, 0.1) is 17.3 Å². The van der Waals surface area contributed by atoms with E-state index in [1.165, 1.54) is 12.3 Å². The largest absolute Gasteiger partial charge is 0.439 e. The molecule has 0 aliphatic rings. The first kappa shape index (κ1) is 25.6. The summed E-state index contributed by atoms with van der Waals surface area (Å²) in [5.41, 5.74) is 11.4. The molecule has 1 heterocycles. The van der Waals surface area contributed by atoms with Crippen molar-refractivity contribution < 1.29 is 14.3 Å². The molecular formula is C19H26Cl2N4O3. The van der Waals surface area contributed by atoms with Crippen LogP contribution < -0.4 is 21.5 Å². The molecule has 0 unspecified atom stereocenters. The molecule has 2 amide bonds. The molecule has 2 aromatic rings. The highest BCUT2D eigenvalue weighted by Crippen LogP contribution is 2.27. The van der Waals surface area contributed by atoms with Gasteiger partial charge in [-0.2, -0.15) is 0 Å². The molecule has 0 fully saturated rings. The predicted molar refractivity (Wildman–Crippen MR) is 114 cm³/mol. The average Bonchev–Trinajstić information content (AvgIpc) is 2.65. The summed E-state index contributed by atoms with van der Waals surface area (Å²) in [5, 5.41) is 2.85. The first-order valence-electron chi connectivity index (χ1n) is 8.49. The SMILES string of the molecule is CCC(CC)(CN)C(=O)Nc1ccc(Oc2cccc(C(N)=O)c2)nc1.Cl.Cl. The summed E-state index contributed by atoms with van der Waals surface area (Å²) < 4.78 is 5.61. The lowest BCUT2D eigenvalue weighted by molar-refractivity contribution is -0.125. The minimum Gasteiger partial charge on any atom is -0.439 e. The molecular weight excluding hydrogens is 403 g/mol. The Morgan fingerprint density at radius 1 is 1.14 bits per heavy atom. The predicted octanol–water partition coefficient (Wildman–Crippen LogP) is 3.52. The van der Waals surface area contributed by atoms with E-state index in [0.29, 0.717) is 35.7 Å². The number of benzene rings is 1. The van der Waals surface area contributed by atoms with Crippen LogP contribution in [0.25, 0.3) is 0 Å². The number of pyridine rings is 1. The van der Waals surface area contributed by atoms with Crippen LogP contribution in [0.1, 0.15) is 37.0 Å². The molecule has 0 saturated heterocycles. The summed E-state index contributed by atoms with van der Waals surface area (Å²) in [6, 6.07) is 9.84. The molecule has 7 nitrogen and oxygen atoms in total. The number of halogens is 2. The van der Waals surface area contributed by atoms with E-state index in [2.05, 4.69) is 10.3 Å². The van der Waals surface area contributed by atoms with Gasteiger partial charge in [-0.25, -0.2) is 4.98 Å². The zero-order valence-electron chi connectivity index (χ0n) is 15.8. The van der Waals surface area contributed by atoms with Crippen LogP contribution in [-0.4, -0.2) is 23.3 Å². The van der Waals surface area contributed by atoms with Gasteiger partial charge in [0.25, 0.3) is 0 Å². The number of hydrogen-bond donors (Lipinski definition) is 3. The van der Waals surface area contributed by atoms with Gasteiger partial charge >= 0.3 is 0 Å². The molecule has 0 saturated carbocycles. The number of carbonyl (C=O) groups excluding carboxylic acids is 2. The topological polar surface area (TPSA) is 120 Å². The van der Waals surface area contributed by atoms with Crippen LogP contribution in [0.4, 0.5) is 5.69 Å². The average molecular weight is 429 g/mol. The second-order valence-electron chi connectivity index (χ2n) is 6.02. The summed E-state index contributed by atoms with van der Waals surface area (Å²) in [7, 11) is 0. The number of ether oxygens (including phenoxy) is 1. The van der Waals surface area contributed by atoms with Crippen LogP contribution in [0.15, 0.2) is 42.6 Å². The highest BCUT2D eigenvalue weighted by atomic mass is 35.5. The number of anilines is 1. The van der Waals surface area contributed by atoms with Gasteiger partial charge in [-0.3, -0.25) is 9.59 Å². The van der Waals surface area contributed by atoms with E-state index in [-0.39, 0.29) is 37.3 Å². The molecule has 2 rings (SSSR count). The highest BCUT2D eigenvalue weighted by Gasteiger charge is 2.33. The van der Waals surface area contributed by atoms with Crippen molar-refractivity contribution in [1.82, 2.24) is 4.98 Å². The molecule has 0 radical (unpaired) electrons. The Balaban J connectivity index is 0.00000364. The zero-order valence-corrected chi connectivity index (χ0v) is 17.4. The van der Waals surface area contributed by atoms with Crippen molar-refractivity contribution in [1.29, 1.82) is 0 Å². The van der Waals surface area contributed by atoms with Gasteiger partial charge in [-0.1, -0.05) is 19.9 Å². The van der Waals surface area contributed by atoms with Crippen molar-refractivity contribution in [3.8, 4) is 11.6 Å². The van der Waals surface area contributed by atoms with Crippen molar-refractivity contribution in [3.05, 3.63) is 48.2 Å². The Kier molecular flexibility index (Phi) is 10.5. The summed E-state index contributed by atoms with van der Waals surface area (Å²) in [6.07, 6.45) is 2.84. The van der Waals surface area contributed by atoms with Crippen LogP contribution in [-0.2, 0) is 4.79 Å². The van der Waals surface area contributed by atoms with Crippen LogP contribution in [0, 0.1) is 5.41 Å². The number of aromatic nitrogens is 1. The van der Waals surface area contributed by atoms with Crippen molar-refractivity contribution in [2.75, 3.05) is 11.9 Å². The van der Waals surface area contributed by atoms with Gasteiger partial charge < -0.3 is 21.5 Å². The number of nitrogens with zero attached hydrogens (tertiary/aromatic N) is 1. The minimum absolute atomic E-state index is 0. The molecule has 1 aromatic heterocycles. The maximum atomic E-state index is 12.5. The molecule has 154 valence electrons. The molecule has 9 heteroatoms. The Morgan fingerprint density at radius 2 is 1.82 bits per heavy atom. The lowest BCUT2D eigenvalue weighted by Crippen LogP contribution is -2.41. The van der Waals surface area contributed by atoms with Crippen LogP contribution in [0.5, 0.6) is 11.6 Å². The van der Waals surface area contributed by atoms with Crippen molar-refractivity contribution >= 4 is 42.3 Å². The fourth-order valence-electron chi connectivity index (χ4n) is 2.56. The van der Waals surface area contributed by atoms with E-state index >= 15 is 0 Å². The lowest BCUT2D eigenvalue weighted by atomic mass is 9.81. The number of amides is 2. The standard InChI is InChI=1S/C19H24N4O3.2ClH/c1-3-19(4-2,12-20)18(25)23-14-8-9-16(22-11-14)26-15-7-5-6-13(10-15)17(21)24;;/h5-11H,3-4,12,20H2,1-2H3,(H2,21,24)(H,23,25);2*1H. The lowest BCUT2D eigenvalue weighted by Gasteiger charge is -2.28. The minimum atomic E-state index is -0.579. The van der Waals surface area contributed by atoms with Gasteiger partial charge in [0, 0.05) is 18.2 Å². The number of nitrogens with one attached hydrogen (secondary N) is 1. The summed E-state index contributed by atoms with van der Waals surface area (Å²) in [4.78, 5) is 27.9. The maximum absolute atomic E-state index is 12.5. The molecule has 0 bridgehead atoms. The quantitative estimate of drug-likeness (QED) is 0.593. The summed E-state index contributed by atoms with van der Waals surface area (Å²) in [6.45, 7) is 4.19. The molecule has 5 N–H and O–H groups in total. The fourth-order valence-corrected chi connectivity index (χ4v) is 2.56. The van der Waals surface area contributed by atoms with E-state index in [1.807, 2.05) is 13.8 Å². The maximum Gasteiger partial charge on any atom is 0.248 e. The Morgan fingerprint density at radius 3 is 2.32 bits per heavy atom. The van der Waals surface area contributed by atoms with E-state index in [4.69, 9.17) is 16.2 Å². The van der Waals surface area contributed by atoms with E-state index in [0.717, 1.165) is 0 Å². The third-order valence-corrected chi connectivity index (χ3v) is 4.56. The second-order valence-corrected chi connectivity index (χ2v) is 6.02. The van der Waals surface area contributed by atoms with Gasteiger partial charge in [-0.15, -0.1) is 24.8 Å². The number of nitrogens with two attached hydrogens (primary N) is 2. The molecule has 0 atom stereocenters. The highest BCUT2D eigenvalue weighted by molar-refractivity contribution is 5.95. The van der Waals surface area contributed by atoms with E-state index < -0.39 is 11.3 Å². The van der Waals surface area contributed by atoms with Gasteiger partial charge in [0.15, 0.2) is 0 Å². The molecule has 0 aliphatic carbocycles. The van der Waals surface area contributed by atoms with Gasteiger partial charge in [0.1, 0.15) is 5.75 Å². The second kappa shape index (κ2) is 11.5. The first-order chi connectivity index (χ1) is 12.4. The monoisotopic (exact) mass is 428 g/mol. The van der Waals surface area contributed by atoms with Crippen LogP contribution in [0.2, 0.25) is 0 Å². The fraction of sp³-hybridized carbons (Fsp3) is 0.316. The van der Waals surface area contributed by atoms with E-state index in [1.54, 1.807) is 30.3 Å². The van der Waals surface area contributed by atoms with Gasteiger partial charge in [-0.05, 0) is 37.1 Å². The van der Waals surface area contributed by atoms with Crippen molar-refractivity contribution in [2.24, 2.45) is 16.9 Å². The Hall–Kier alpha value is -2.35. The molecule has 1 aromatic carbocycles. The van der Waals surface area contributed by atoms with E-state index in [9.17, 15) is 9.59 Å². The Bertz CT molecular complexity index is 773. The normalized spacial score (nSPS) is 10.2. The third-order valence-electron chi connectivity index (χ3n) is 4.56. The summed E-state index contributed by atoms with van der Waals surface area (Å²) >= 11 is 0.